The number of amides is 1. The van der Waals surface area contributed by atoms with Crippen LogP contribution < -0.4 is 5.32 Å². The summed E-state index contributed by atoms with van der Waals surface area (Å²) >= 11 is 0. The zero-order chi connectivity index (χ0) is 17.1. The number of carbonyl (C=O) groups excluding carboxylic acids is 1. The van der Waals surface area contributed by atoms with Gasteiger partial charge in [0, 0.05) is 6.54 Å². The van der Waals surface area contributed by atoms with E-state index in [1.807, 2.05) is 0 Å². The third-order valence-corrected chi connectivity index (χ3v) is 3.97. The van der Waals surface area contributed by atoms with Gasteiger partial charge in [0.2, 0.25) is 0 Å². The van der Waals surface area contributed by atoms with Crippen LogP contribution in [0.5, 0.6) is 0 Å². The van der Waals surface area contributed by atoms with Crippen LogP contribution in [-0.2, 0) is 14.9 Å². The first-order valence-corrected chi connectivity index (χ1v) is 7.95. The van der Waals surface area contributed by atoms with Gasteiger partial charge >= 0.3 is 6.09 Å². The number of rotatable bonds is 5. The van der Waals surface area contributed by atoms with Gasteiger partial charge in [0.25, 0.3) is 10.1 Å². The molecule has 1 aliphatic carbocycles. The first-order valence-electron chi connectivity index (χ1n) is 6.34. The number of aliphatic hydroxyl groups excluding tert-OH is 5. The minimum atomic E-state index is -4.15. The zero-order valence-electron chi connectivity index (χ0n) is 11.3. The van der Waals surface area contributed by atoms with Gasteiger partial charge in [-0.3, -0.25) is 4.55 Å². The molecule has 0 aromatic carbocycles. The fourth-order valence-electron chi connectivity index (χ4n) is 1.95. The maximum atomic E-state index is 11.4. The minimum absolute atomic E-state index is 0.104. The standard InChI is InChI=1S/C10H19NO10S/c12-4-5(13)7(15)9(8(16)6(4)14)21-10(17)11-2-1-3-22(18,19)20/h4-9,12-16H,1-3H2,(H,11,17)(H,18,19,20)/t4?,5-,6?,7+,8-,9?/m0/s1. The van der Waals surface area contributed by atoms with Gasteiger partial charge in [0.05, 0.1) is 5.75 Å². The summed E-state index contributed by atoms with van der Waals surface area (Å²) in [5.74, 6) is -0.578. The second-order valence-electron chi connectivity index (χ2n) is 4.89. The second-order valence-corrected chi connectivity index (χ2v) is 6.46. The van der Waals surface area contributed by atoms with Gasteiger partial charge < -0.3 is 35.6 Å². The highest BCUT2D eigenvalue weighted by atomic mass is 32.2. The third-order valence-electron chi connectivity index (χ3n) is 3.16. The van der Waals surface area contributed by atoms with Gasteiger partial charge in [-0.25, -0.2) is 4.79 Å². The highest BCUT2D eigenvalue weighted by Gasteiger charge is 2.50. The third kappa shape index (κ3) is 5.01. The Kier molecular flexibility index (Phi) is 6.49. The molecule has 1 aliphatic rings. The molecule has 0 bridgehead atoms. The van der Waals surface area contributed by atoms with Gasteiger partial charge in [-0.05, 0) is 6.42 Å². The molecule has 1 fully saturated rings. The molecule has 1 amide bonds. The van der Waals surface area contributed by atoms with Crippen LogP contribution in [0.1, 0.15) is 6.42 Å². The Morgan fingerprint density at radius 1 is 0.955 bits per heavy atom. The average Bonchev–Trinajstić information content (AvgIpc) is 2.43. The summed E-state index contributed by atoms with van der Waals surface area (Å²) < 4.78 is 34.0. The summed E-state index contributed by atoms with van der Waals surface area (Å²) in [6.07, 6.45) is -12.0. The lowest BCUT2D eigenvalue weighted by Crippen LogP contribution is -2.64. The number of hydrogen-bond acceptors (Lipinski definition) is 9. The van der Waals surface area contributed by atoms with Crippen LogP contribution in [0, 0.1) is 0 Å². The molecule has 11 nitrogen and oxygen atoms in total. The molecule has 6 atom stereocenters. The molecule has 3 unspecified atom stereocenters. The number of carbonyl (C=O) groups is 1. The highest BCUT2D eigenvalue weighted by molar-refractivity contribution is 7.85. The maximum Gasteiger partial charge on any atom is 0.407 e. The number of alkyl carbamates (subject to hydrolysis) is 1. The largest absolute Gasteiger partial charge is 0.440 e. The molecule has 0 heterocycles. The van der Waals surface area contributed by atoms with Crippen molar-refractivity contribution in [2.24, 2.45) is 0 Å². The number of ether oxygens (including phenoxy) is 1. The van der Waals surface area contributed by atoms with E-state index in [-0.39, 0.29) is 13.0 Å². The van der Waals surface area contributed by atoms with Crippen LogP contribution in [0.2, 0.25) is 0 Å². The lowest BCUT2D eigenvalue weighted by atomic mass is 9.85. The molecule has 7 N–H and O–H groups in total. The Labute approximate surface area is 125 Å². The molecule has 1 rings (SSSR count). The van der Waals surface area contributed by atoms with Gasteiger partial charge in [0.15, 0.2) is 6.10 Å². The predicted molar refractivity (Wildman–Crippen MR) is 69.3 cm³/mol. The van der Waals surface area contributed by atoms with E-state index in [1.165, 1.54) is 0 Å². The summed E-state index contributed by atoms with van der Waals surface area (Å²) in [6.45, 7) is -0.175. The summed E-state index contributed by atoms with van der Waals surface area (Å²) in [7, 11) is -4.15. The van der Waals surface area contributed by atoms with Gasteiger partial charge in [-0.1, -0.05) is 0 Å². The topological polar surface area (TPSA) is 194 Å². The van der Waals surface area contributed by atoms with Crippen molar-refractivity contribution in [3.8, 4) is 0 Å². The van der Waals surface area contributed by atoms with Crippen molar-refractivity contribution in [1.82, 2.24) is 5.32 Å². The Morgan fingerprint density at radius 3 is 1.86 bits per heavy atom. The molecule has 1 saturated carbocycles. The van der Waals surface area contributed by atoms with E-state index in [0.29, 0.717) is 0 Å². The second kappa shape index (κ2) is 7.50. The number of hydrogen-bond donors (Lipinski definition) is 7. The van der Waals surface area contributed by atoms with Crippen molar-refractivity contribution in [3.63, 3.8) is 0 Å². The van der Waals surface area contributed by atoms with E-state index in [9.17, 15) is 38.7 Å². The predicted octanol–water partition coefficient (Wildman–Crippen LogP) is -3.82. The summed E-state index contributed by atoms with van der Waals surface area (Å²) in [5.41, 5.74) is 0. The van der Waals surface area contributed by atoms with Crippen molar-refractivity contribution >= 4 is 16.2 Å². The molecule has 0 saturated heterocycles. The molecule has 0 aromatic rings. The Morgan fingerprint density at radius 2 is 1.41 bits per heavy atom. The maximum absolute atomic E-state index is 11.4. The summed E-state index contributed by atoms with van der Waals surface area (Å²) in [6, 6.07) is 0. The molecule has 12 heteroatoms. The van der Waals surface area contributed by atoms with Gasteiger partial charge in [0.1, 0.15) is 30.5 Å². The van der Waals surface area contributed by atoms with Gasteiger partial charge in [-0.15, -0.1) is 0 Å². The van der Waals surface area contributed by atoms with Crippen LogP contribution in [0.4, 0.5) is 4.79 Å². The molecule has 22 heavy (non-hydrogen) atoms. The normalized spacial score (nSPS) is 35.9. The molecule has 0 aliphatic heterocycles. The molecule has 130 valence electrons. The lowest BCUT2D eigenvalue weighted by molar-refractivity contribution is -0.222. The Balaban J connectivity index is 2.49. The van der Waals surface area contributed by atoms with Crippen molar-refractivity contribution < 1.29 is 48.0 Å². The SMILES string of the molecule is O=C(NCCCS(=O)(=O)O)OC1[C@@H](O)C(O)C(O)[C@H](O)[C@H]1O. The van der Waals surface area contributed by atoms with Crippen molar-refractivity contribution in [1.29, 1.82) is 0 Å². The van der Waals surface area contributed by atoms with Crippen LogP contribution in [-0.4, -0.2) is 93.5 Å². The van der Waals surface area contributed by atoms with Crippen LogP contribution in [0.15, 0.2) is 0 Å². The van der Waals surface area contributed by atoms with Crippen LogP contribution >= 0.6 is 0 Å². The number of nitrogens with one attached hydrogen (secondary N) is 1. The van der Waals surface area contributed by atoms with Crippen molar-refractivity contribution in [3.05, 3.63) is 0 Å². The van der Waals surface area contributed by atoms with E-state index in [4.69, 9.17) is 4.55 Å². The highest BCUT2D eigenvalue weighted by Crippen LogP contribution is 2.23. The lowest BCUT2D eigenvalue weighted by Gasteiger charge is -2.40. The Bertz CT molecular complexity index is 466. The quantitative estimate of drug-likeness (QED) is 0.192. The van der Waals surface area contributed by atoms with Crippen LogP contribution in [0.3, 0.4) is 0 Å². The Hall–Kier alpha value is -1.02. The summed E-state index contributed by atoms with van der Waals surface area (Å²) in [5, 5.41) is 49.6. The monoisotopic (exact) mass is 345 g/mol. The number of aliphatic hydroxyl groups is 5. The fraction of sp³-hybridized carbons (Fsp3) is 0.900. The molecule has 0 radical (unpaired) electrons. The fourth-order valence-corrected chi connectivity index (χ4v) is 2.46. The van der Waals surface area contributed by atoms with E-state index in [1.54, 1.807) is 0 Å². The smallest absolute Gasteiger partial charge is 0.407 e. The van der Waals surface area contributed by atoms with E-state index < -0.39 is 58.6 Å². The minimum Gasteiger partial charge on any atom is -0.440 e. The molecule has 0 aromatic heterocycles. The molecule has 0 spiro atoms. The average molecular weight is 345 g/mol. The first kappa shape index (κ1) is 19.0. The van der Waals surface area contributed by atoms with Gasteiger partial charge in [-0.2, -0.15) is 8.42 Å². The van der Waals surface area contributed by atoms with Crippen molar-refractivity contribution in [2.75, 3.05) is 12.3 Å². The zero-order valence-corrected chi connectivity index (χ0v) is 12.1. The molecular formula is C10H19NO10S. The summed E-state index contributed by atoms with van der Waals surface area (Å²) in [4.78, 5) is 11.4. The van der Waals surface area contributed by atoms with E-state index in [0.717, 1.165) is 0 Å². The van der Waals surface area contributed by atoms with E-state index in [2.05, 4.69) is 10.1 Å². The first-order chi connectivity index (χ1) is 10.0. The van der Waals surface area contributed by atoms with Crippen molar-refractivity contribution in [2.45, 2.75) is 43.0 Å². The van der Waals surface area contributed by atoms with E-state index >= 15 is 0 Å². The van der Waals surface area contributed by atoms with Crippen LogP contribution in [0.25, 0.3) is 0 Å². The molecular weight excluding hydrogens is 326 g/mol.